The van der Waals surface area contributed by atoms with Gasteiger partial charge in [-0.05, 0) is 13.1 Å². The Morgan fingerprint density at radius 1 is 0.857 bits per heavy atom. The highest BCUT2D eigenvalue weighted by atomic mass is 19.4. The summed E-state index contributed by atoms with van der Waals surface area (Å²) in [5, 5.41) is 1.65. The quantitative estimate of drug-likeness (QED) is 0.652. The number of rotatable bonds is 3. The molecule has 0 amide bonds. The molecule has 0 aromatic heterocycles. The van der Waals surface area contributed by atoms with E-state index in [4.69, 9.17) is 0 Å². The molecule has 1 rings (SSSR count). The summed E-state index contributed by atoms with van der Waals surface area (Å²) in [6.07, 6.45) is -11.5. The van der Waals surface area contributed by atoms with E-state index in [1.807, 2.05) is 0 Å². The van der Waals surface area contributed by atoms with Crippen LogP contribution in [0.3, 0.4) is 0 Å². The van der Waals surface area contributed by atoms with E-state index >= 15 is 0 Å². The molecule has 1 unspecified atom stereocenters. The van der Waals surface area contributed by atoms with Crippen molar-refractivity contribution in [3.05, 3.63) is 35.1 Å². The first kappa shape index (κ1) is 17.6. The second kappa shape index (κ2) is 5.74. The van der Waals surface area contributed by atoms with E-state index < -0.39 is 47.3 Å². The van der Waals surface area contributed by atoms with Crippen LogP contribution in [0.15, 0.2) is 12.1 Å². The number of nitrogens with one attached hydrogen (secondary N) is 1. The Morgan fingerprint density at radius 2 is 1.33 bits per heavy atom. The number of benzene rings is 1. The highest BCUT2D eigenvalue weighted by Gasteiger charge is 2.60. The third-order valence-electron chi connectivity index (χ3n) is 2.75. The van der Waals surface area contributed by atoms with Crippen molar-refractivity contribution >= 4 is 0 Å². The maximum atomic E-state index is 13.4. The molecule has 1 aromatic carbocycles. The molecule has 21 heavy (non-hydrogen) atoms. The molecule has 1 nitrogen and oxygen atoms in total. The van der Waals surface area contributed by atoms with Gasteiger partial charge in [-0.15, -0.1) is 0 Å². The Hall–Kier alpha value is -1.45. The summed E-state index contributed by atoms with van der Waals surface area (Å²) in [5.41, 5.74) is -1.27. The lowest BCUT2D eigenvalue weighted by atomic mass is 9.91. The van der Waals surface area contributed by atoms with Crippen LogP contribution < -0.4 is 5.32 Å². The normalized spacial score (nSPS) is 14.6. The summed E-state index contributed by atoms with van der Waals surface area (Å²) in [4.78, 5) is 0. The molecule has 1 N–H and O–H groups in total. The summed E-state index contributed by atoms with van der Waals surface area (Å²) in [7, 11) is 0.718. The van der Waals surface area contributed by atoms with E-state index in [0.29, 0.717) is 6.07 Å². The van der Waals surface area contributed by atoms with Gasteiger partial charge in [-0.1, -0.05) is 6.07 Å². The zero-order chi connectivity index (χ0) is 16.6. The number of alkyl halides is 6. The summed E-state index contributed by atoms with van der Waals surface area (Å²) < 4.78 is 115. The lowest BCUT2D eigenvalue weighted by molar-refractivity contribution is -0.292. The largest absolute Gasteiger partial charge is 0.402 e. The lowest BCUT2D eigenvalue weighted by Gasteiger charge is -2.31. The SMILES string of the molecule is CNC(c1ccc(F)c(F)c1F)C(C(F)(F)F)C(F)(F)F. The molecule has 10 heteroatoms. The zero-order valence-corrected chi connectivity index (χ0v) is 10.2. The lowest BCUT2D eigenvalue weighted by Crippen LogP contribution is -2.45. The second-order valence-electron chi connectivity index (χ2n) is 4.09. The first-order chi connectivity index (χ1) is 9.41. The molecule has 0 aliphatic heterocycles. The third kappa shape index (κ3) is 3.60. The Morgan fingerprint density at radius 3 is 1.71 bits per heavy atom. The molecule has 0 bridgehead atoms. The first-order valence-electron chi connectivity index (χ1n) is 5.35. The van der Waals surface area contributed by atoms with Crippen molar-refractivity contribution in [3.8, 4) is 0 Å². The van der Waals surface area contributed by atoms with Crippen LogP contribution in [-0.2, 0) is 0 Å². The predicted molar refractivity (Wildman–Crippen MR) is 53.7 cm³/mol. The summed E-state index contributed by atoms with van der Waals surface area (Å²) in [6.45, 7) is 0. The van der Waals surface area contributed by atoms with Crippen LogP contribution in [0, 0.1) is 23.4 Å². The highest BCUT2D eigenvalue weighted by molar-refractivity contribution is 5.25. The van der Waals surface area contributed by atoms with Crippen molar-refractivity contribution in [1.82, 2.24) is 5.32 Å². The zero-order valence-electron chi connectivity index (χ0n) is 10.2. The molecule has 0 aliphatic carbocycles. The minimum Gasteiger partial charge on any atom is -0.312 e. The van der Waals surface area contributed by atoms with Gasteiger partial charge in [-0.25, -0.2) is 13.2 Å². The molecule has 1 aromatic rings. The van der Waals surface area contributed by atoms with E-state index in [1.54, 1.807) is 5.32 Å². The van der Waals surface area contributed by atoms with Crippen molar-refractivity contribution in [2.45, 2.75) is 18.4 Å². The molecule has 0 fully saturated rings. The molecule has 0 radical (unpaired) electrons. The average molecular weight is 325 g/mol. The van der Waals surface area contributed by atoms with Gasteiger partial charge in [-0.3, -0.25) is 0 Å². The van der Waals surface area contributed by atoms with E-state index in [-0.39, 0.29) is 6.07 Å². The summed E-state index contributed by atoms with van der Waals surface area (Å²) in [6, 6.07) is -2.07. The van der Waals surface area contributed by atoms with Crippen LogP contribution in [0.5, 0.6) is 0 Å². The topological polar surface area (TPSA) is 12.0 Å². The second-order valence-corrected chi connectivity index (χ2v) is 4.09. The van der Waals surface area contributed by atoms with Crippen molar-refractivity contribution in [3.63, 3.8) is 0 Å². The molecule has 120 valence electrons. The van der Waals surface area contributed by atoms with Crippen LogP contribution in [0.2, 0.25) is 0 Å². The van der Waals surface area contributed by atoms with E-state index in [1.165, 1.54) is 0 Å². The van der Waals surface area contributed by atoms with Crippen molar-refractivity contribution in [2.24, 2.45) is 5.92 Å². The van der Waals surface area contributed by atoms with Gasteiger partial charge in [0.2, 0.25) is 0 Å². The van der Waals surface area contributed by atoms with Crippen LogP contribution >= 0.6 is 0 Å². The van der Waals surface area contributed by atoms with E-state index in [9.17, 15) is 39.5 Å². The Balaban J connectivity index is 3.45. The Bertz CT molecular complexity index is 492. The number of hydrogen-bond donors (Lipinski definition) is 1. The fraction of sp³-hybridized carbons (Fsp3) is 0.455. The summed E-state index contributed by atoms with van der Waals surface area (Å²) in [5.74, 6) is -9.94. The van der Waals surface area contributed by atoms with Crippen molar-refractivity contribution in [2.75, 3.05) is 7.05 Å². The number of halogens is 9. The van der Waals surface area contributed by atoms with Gasteiger partial charge in [0.05, 0.1) is 6.04 Å². The smallest absolute Gasteiger partial charge is 0.312 e. The molecule has 0 saturated carbocycles. The standard InChI is InChI=1S/C11H8F9N/c1-21-8(9(10(15,16)17)11(18,19)20)4-2-3-5(12)7(14)6(4)13/h2-3,8-9,21H,1H3. The van der Waals surface area contributed by atoms with Crippen LogP contribution in [0.1, 0.15) is 11.6 Å². The molecule has 0 heterocycles. The molecule has 0 aliphatic rings. The van der Waals surface area contributed by atoms with Crippen molar-refractivity contribution in [1.29, 1.82) is 0 Å². The molecular formula is C11H8F9N. The van der Waals surface area contributed by atoms with E-state index in [0.717, 1.165) is 7.05 Å². The van der Waals surface area contributed by atoms with Crippen LogP contribution in [-0.4, -0.2) is 19.4 Å². The Labute approximate surface area is 112 Å². The minimum absolute atomic E-state index is 0.252. The van der Waals surface area contributed by atoms with Gasteiger partial charge in [0.1, 0.15) is 0 Å². The Kier molecular flexibility index (Phi) is 4.81. The molecule has 0 saturated heterocycles. The maximum absolute atomic E-state index is 13.4. The van der Waals surface area contributed by atoms with Crippen molar-refractivity contribution < 1.29 is 39.5 Å². The average Bonchev–Trinajstić information content (AvgIpc) is 2.30. The van der Waals surface area contributed by atoms with E-state index in [2.05, 4.69) is 0 Å². The van der Waals surface area contributed by atoms with Crippen LogP contribution in [0.4, 0.5) is 39.5 Å². The predicted octanol–water partition coefficient (Wildman–Crippen LogP) is 4.11. The molecular weight excluding hydrogens is 317 g/mol. The van der Waals surface area contributed by atoms with Gasteiger partial charge in [0.25, 0.3) is 0 Å². The van der Waals surface area contributed by atoms with Crippen LogP contribution in [0.25, 0.3) is 0 Å². The van der Waals surface area contributed by atoms with Gasteiger partial charge < -0.3 is 5.32 Å². The molecule has 0 spiro atoms. The van der Waals surface area contributed by atoms with Gasteiger partial charge >= 0.3 is 12.4 Å². The summed E-state index contributed by atoms with van der Waals surface area (Å²) >= 11 is 0. The molecule has 1 atom stereocenters. The third-order valence-corrected chi connectivity index (χ3v) is 2.75. The van der Waals surface area contributed by atoms with Gasteiger partial charge in [0.15, 0.2) is 23.4 Å². The van der Waals surface area contributed by atoms with Gasteiger partial charge in [0, 0.05) is 5.56 Å². The van der Waals surface area contributed by atoms with Gasteiger partial charge in [-0.2, -0.15) is 26.3 Å². The minimum atomic E-state index is -5.76. The maximum Gasteiger partial charge on any atom is 0.402 e. The fourth-order valence-electron chi connectivity index (χ4n) is 1.85. The fourth-order valence-corrected chi connectivity index (χ4v) is 1.85. The highest BCUT2D eigenvalue weighted by Crippen LogP contribution is 2.46. The monoisotopic (exact) mass is 325 g/mol. The number of hydrogen-bond acceptors (Lipinski definition) is 1. The first-order valence-corrected chi connectivity index (χ1v) is 5.35.